The van der Waals surface area contributed by atoms with Crippen LogP contribution in [0.4, 0.5) is 13.2 Å². The minimum absolute atomic E-state index is 0.277. The van der Waals surface area contributed by atoms with Crippen molar-refractivity contribution in [3.63, 3.8) is 0 Å². The largest absolute Gasteiger partial charge is 0.490 e. The molecule has 0 bridgehead atoms. The molecule has 174 valence electrons. The Hall–Kier alpha value is -2.25. The lowest BCUT2D eigenvalue weighted by Crippen LogP contribution is -2.22. The lowest BCUT2D eigenvalue weighted by atomic mass is 10.1. The first-order valence-electron chi connectivity index (χ1n) is 10.4. The lowest BCUT2D eigenvalue weighted by Gasteiger charge is -2.11. The highest BCUT2D eigenvalue weighted by atomic mass is 35.5. The van der Waals surface area contributed by atoms with Gasteiger partial charge in [0.25, 0.3) is 5.91 Å². The highest BCUT2D eigenvalue weighted by molar-refractivity contribution is 6.37. The van der Waals surface area contributed by atoms with Gasteiger partial charge in [-0.05, 0) is 36.2 Å². The quantitative estimate of drug-likeness (QED) is 0.202. The molecule has 2 rings (SSSR count). The predicted molar refractivity (Wildman–Crippen MR) is 122 cm³/mol. The van der Waals surface area contributed by atoms with E-state index in [-0.39, 0.29) is 10.0 Å². The molecule has 0 saturated carbocycles. The average Bonchev–Trinajstić information content (AvgIpc) is 2.74. The molecule has 2 aromatic rings. The van der Waals surface area contributed by atoms with Gasteiger partial charge in [0.2, 0.25) is 0 Å². The summed E-state index contributed by atoms with van der Waals surface area (Å²) in [5.41, 5.74) is 0.986. The smallest absolute Gasteiger partial charge is 0.417 e. The molecular weight excluding hydrogens is 464 g/mol. The van der Waals surface area contributed by atoms with Gasteiger partial charge in [0, 0.05) is 0 Å². The third-order valence-corrected chi connectivity index (χ3v) is 5.18. The first kappa shape index (κ1) is 26.0. The van der Waals surface area contributed by atoms with Gasteiger partial charge in [0.05, 0.1) is 34.0 Å². The van der Waals surface area contributed by atoms with Gasteiger partial charge in [-0.1, -0.05) is 74.4 Å². The Bertz CT molecular complexity index is 911. The van der Waals surface area contributed by atoms with Crippen molar-refractivity contribution in [3.8, 4) is 5.75 Å². The molecule has 0 aromatic heterocycles. The minimum atomic E-state index is -4.65. The number of ether oxygens (including phenoxy) is 1. The molecule has 0 fully saturated rings. The van der Waals surface area contributed by atoms with Crippen molar-refractivity contribution < 1.29 is 22.7 Å². The highest BCUT2D eigenvalue weighted by Gasteiger charge is 2.34. The minimum Gasteiger partial charge on any atom is -0.490 e. The number of nitrogens with zero attached hydrogens (tertiary/aromatic N) is 1. The maximum absolute atomic E-state index is 13.0. The Morgan fingerprint density at radius 3 is 2.34 bits per heavy atom. The average molecular weight is 489 g/mol. The van der Waals surface area contributed by atoms with Crippen LogP contribution in [0.1, 0.15) is 66.9 Å². The SMILES string of the molecule is CCCCCCCCOc1c(Cl)cc(/C=N/NC(=O)c2ccccc2C(F)(F)F)cc1Cl. The highest BCUT2D eigenvalue weighted by Crippen LogP contribution is 2.34. The molecule has 1 amide bonds. The summed E-state index contributed by atoms with van der Waals surface area (Å²) in [6.45, 7) is 2.66. The van der Waals surface area contributed by atoms with E-state index in [0.29, 0.717) is 17.9 Å². The number of halogens is 5. The second-order valence-electron chi connectivity index (χ2n) is 7.17. The standard InChI is InChI=1S/C23H25Cl2F3N2O2/c1-2-3-4-5-6-9-12-32-21-19(24)13-16(14-20(21)25)15-29-30-22(31)17-10-7-8-11-18(17)23(26,27)28/h7-8,10-11,13-15H,2-6,9,12H2,1H3,(H,30,31)/b29-15+. The van der Waals surface area contributed by atoms with Gasteiger partial charge in [-0.2, -0.15) is 18.3 Å². The van der Waals surface area contributed by atoms with Gasteiger partial charge in [-0.15, -0.1) is 0 Å². The number of carbonyl (C=O) groups is 1. The number of unbranched alkanes of at least 4 members (excludes halogenated alkanes) is 5. The van der Waals surface area contributed by atoms with Crippen LogP contribution in [-0.4, -0.2) is 18.7 Å². The van der Waals surface area contributed by atoms with Crippen LogP contribution in [0.25, 0.3) is 0 Å². The van der Waals surface area contributed by atoms with Crippen molar-refractivity contribution in [3.05, 3.63) is 63.1 Å². The Morgan fingerprint density at radius 2 is 1.69 bits per heavy atom. The summed E-state index contributed by atoms with van der Waals surface area (Å²) in [5, 5.41) is 4.27. The summed E-state index contributed by atoms with van der Waals surface area (Å²) in [4.78, 5) is 12.1. The second-order valence-corrected chi connectivity index (χ2v) is 7.99. The van der Waals surface area contributed by atoms with Gasteiger partial charge in [0.15, 0.2) is 5.75 Å². The van der Waals surface area contributed by atoms with Crippen LogP contribution >= 0.6 is 23.2 Å². The van der Waals surface area contributed by atoms with Crippen molar-refractivity contribution in [1.82, 2.24) is 5.43 Å². The van der Waals surface area contributed by atoms with Crippen LogP contribution in [-0.2, 0) is 6.18 Å². The summed E-state index contributed by atoms with van der Waals surface area (Å²) >= 11 is 12.5. The Kier molecular flexibility index (Phi) is 10.3. The molecular formula is C23H25Cl2F3N2O2. The van der Waals surface area contributed by atoms with Gasteiger partial charge in [0.1, 0.15) is 0 Å². The first-order chi connectivity index (χ1) is 15.2. The Labute approximate surface area is 195 Å². The van der Waals surface area contributed by atoms with Gasteiger partial charge >= 0.3 is 6.18 Å². The summed E-state index contributed by atoms with van der Waals surface area (Å²) < 4.78 is 44.8. The molecule has 0 saturated heterocycles. The van der Waals surface area contributed by atoms with E-state index in [0.717, 1.165) is 31.4 Å². The second kappa shape index (κ2) is 12.7. The van der Waals surface area contributed by atoms with E-state index in [1.807, 2.05) is 0 Å². The number of hydrogen-bond donors (Lipinski definition) is 1. The fourth-order valence-electron chi connectivity index (χ4n) is 3.00. The zero-order chi connectivity index (χ0) is 23.6. The monoisotopic (exact) mass is 488 g/mol. The zero-order valence-electron chi connectivity index (χ0n) is 17.6. The van der Waals surface area contributed by atoms with Crippen molar-refractivity contribution >= 4 is 35.3 Å². The van der Waals surface area contributed by atoms with Gasteiger partial charge in [-0.3, -0.25) is 4.79 Å². The lowest BCUT2D eigenvalue weighted by molar-refractivity contribution is -0.137. The molecule has 0 aliphatic carbocycles. The molecule has 9 heteroatoms. The maximum atomic E-state index is 13.0. The molecule has 32 heavy (non-hydrogen) atoms. The van der Waals surface area contributed by atoms with E-state index in [1.54, 1.807) is 12.1 Å². The van der Waals surface area contributed by atoms with Gasteiger partial charge < -0.3 is 4.74 Å². The number of alkyl halides is 3. The number of carbonyl (C=O) groups excluding carboxylic acids is 1. The van der Waals surface area contributed by atoms with Crippen LogP contribution in [0.15, 0.2) is 41.5 Å². The third-order valence-electron chi connectivity index (χ3n) is 4.62. The summed E-state index contributed by atoms with van der Waals surface area (Å²) in [6.07, 6.45) is 3.35. The Morgan fingerprint density at radius 1 is 1.06 bits per heavy atom. The van der Waals surface area contributed by atoms with E-state index in [1.165, 1.54) is 37.6 Å². The van der Waals surface area contributed by atoms with Crippen LogP contribution in [0.3, 0.4) is 0 Å². The molecule has 0 atom stereocenters. The number of amides is 1. The molecule has 0 unspecified atom stereocenters. The zero-order valence-corrected chi connectivity index (χ0v) is 19.2. The van der Waals surface area contributed by atoms with Crippen LogP contribution in [0.5, 0.6) is 5.75 Å². The maximum Gasteiger partial charge on any atom is 0.417 e. The fraction of sp³-hybridized carbons (Fsp3) is 0.391. The predicted octanol–water partition coefficient (Wildman–Crippen LogP) is 7.52. The molecule has 1 N–H and O–H groups in total. The molecule has 4 nitrogen and oxygen atoms in total. The van der Waals surface area contributed by atoms with Gasteiger partial charge in [-0.25, -0.2) is 5.43 Å². The number of hydrazone groups is 1. The van der Waals surface area contributed by atoms with Crippen molar-refractivity contribution in [2.45, 2.75) is 51.6 Å². The molecule has 0 aliphatic heterocycles. The normalized spacial score (nSPS) is 11.7. The summed E-state index contributed by atoms with van der Waals surface area (Å²) in [6, 6.07) is 7.56. The molecule has 0 aliphatic rings. The van der Waals surface area contributed by atoms with E-state index in [4.69, 9.17) is 27.9 Å². The molecule has 2 aromatic carbocycles. The van der Waals surface area contributed by atoms with Crippen molar-refractivity contribution in [2.75, 3.05) is 6.61 Å². The topological polar surface area (TPSA) is 50.7 Å². The summed E-state index contributed by atoms with van der Waals surface area (Å²) in [5.74, 6) is -0.618. The number of hydrogen-bond acceptors (Lipinski definition) is 3. The van der Waals surface area contributed by atoms with Crippen molar-refractivity contribution in [1.29, 1.82) is 0 Å². The third kappa shape index (κ3) is 8.02. The molecule has 0 spiro atoms. The molecule has 0 heterocycles. The van der Waals surface area contributed by atoms with E-state index >= 15 is 0 Å². The fourth-order valence-corrected chi connectivity index (χ4v) is 3.62. The van der Waals surface area contributed by atoms with E-state index < -0.39 is 23.2 Å². The first-order valence-corrected chi connectivity index (χ1v) is 11.1. The Balaban J connectivity index is 1.94. The van der Waals surface area contributed by atoms with Crippen LogP contribution < -0.4 is 10.2 Å². The number of benzene rings is 2. The number of nitrogens with one attached hydrogen (secondary N) is 1. The summed E-state index contributed by atoms with van der Waals surface area (Å²) in [7, 11) is 0. The van der Waals surface area contributed by atoms with Crippen molar-refractivity contribution in [2.24, 2.45) is 5.10 Å². The van der Waals surface area contributed by atoms with Crippen LogP contribution in [0.2, 0.25) is 10.0 Å². The van der Waals surface area contributed by atoms with E-state index in [9.17, 15) is 18.0 Å². The number of rotatable bonds is 11. The van der Waals surface area contributed by atoms with Crippen LogP contribution in [0, 0.1) is 0 Å². The van der Waals surface area contributed by atoms with E-state index in [2.05, 4.69) is 17.5 Å². The molecule has 0 radical (unpaired) electrons.